The van der Waals surface area contributed by atoms with Crippen molar-refractivity contribution >= 4 is 6.09 Å². The van der Waals surface area contributed by atoms with Gasteiger partial charge < -0.3 is 15.1 Å². The van der Waals surface area contributed by atoms with Crippen LogP contribution < -0.4 is 0 Å². The summed E-state index contributed by atoms with van der Waals surface area (Å²) >= 11 is 0. The Balaban J connectivity index is 1.68. The monoisotopic (exact) mass is 354 g/mol. The SMILES string of the molecule is O=C(O)N1CCC(CN(Cc2ccccc2)Cc2ccccc2)C(O)C1. The molecule has 2 N–H and O–H groups in total. The fourth-order valence-electron chi connectivity index (χ4n) is 3.57. The number of piperidine rings is 1. The van der Waals surface area contributed by atoms with Gasteiger partial charge in [-0.25, -0.2) is 4.79 Å². The summed E-state index contributed by atoms with van der Waals surface area (Å²) in [7, 11) is 0. The number of carbonyl (C=O) groups is 1. The van der Waals surface area contributed by atoms with Gasteiger partial charge in [-0.3, -0.25) is 4.90 Å². The number of hydrogen-bond acceptors (Lipinski definition) is 3. The predicted octanol–water partition coefficient (Wildman–Crippen LogP) is 3.05. The molecule has 0 radical (unpaired) electrons. The third-order valence-corrected chi connectivity index (χ3v) is 4.98. The van der Waals surface area contributed by atoms with E-state index in [1.165, 1.54) is 16.0 Å². The van der Waals surface area contributed by atoms with Gasteiger partial charge in [0.1, 0.15) is 0 Å². The summed E-state index contributed by atoms with van der Waals surface area (Å²) < 4.78 is 0. The number of benzene rings is 2. The average molecular weight is 354 g/mol. The van der Waals surface area contributed by atoms with E-state index in [4.69, 9.17) is 5.11 Å². The first-order valence-corrected chi connectivity index (χ1v) is 9.08. The molecular formula is C21H26N2O3. The Morgan fingerprint density at radius 1 is 1.00 bits per heavy atom. The van der Waals surface area contributed by atoms with Crippen molar-refractivity contribution in [2.75, 3.05) is 19.6 Å². The molecule has 2 aromatic carbocycles. The zero-order chi connectivity index (χ0) is 18.4. The minimum absolute atomic E-state index is 0.0815. The normalized spacial score (nSPS) is 20.3. The Labute approximate surface area is 154 Å². The van der Waals surface area contributed by atoms with Crippen molar-refractivity contribution in [2.45, 2.75) is 25.6 Å². The summed E-state index contributed by atoms with van der Waals surface area (Å²) in [5, 5.41) is 19.6. The highest BCUT2D eigenvalue weighted by molar-refractivity contribution is 5.65. The van der Waals surface area contributed by atoms with Crippen LogP contribution >= 0.6 is 0 Å². The summed E-state index contributed by atoms with van der Waals surface area (Å²) in [4.78, 5) is 14.8. The second-order valence-electron chi connectivity index (χ2n) is 6.99. The standard InChI is InChI=1S/C21H26N2O3/c24-20-16-23(21(25)26)12-11-19(20)15-22(13-17-7-3-1-4-8-17)14-18-9-5-2-6-10-18/h1-10,19-20,24H,11-16H2,(H,25,26). The summed E-state index contributed by atoms with van der Waals surface area (Å²) in [5.41, 5.74) is 2.47. The van der Waals surface area contributed by atoms with Gasteiger partial charge in [-0.15, -0.1) is 0 Å². The van der Waals surface area contributed by atoms with Crippen LogP contribution in [0.1, 0.15) is 17.5 Å². The number of rotatable bonds is 6. The first kappa shape index (κ1) is 18.4. The summed E-state index contributed by atoms with van der Waals surface area (Å²) in [6.07, 6.45) is -0.880. The van der Waals surface area contributed by atoms with Crippen LogP contribution in [-0.2, 0) is 13.1 Å². The lowest BCUT2D eigenvalue weighted by Gasteiger charge is -2.37. The van der Waals surface area contributed by atoms with E-state index in [9.17, 15) is 9.90 Å². The summed E-state index contributed by atoms with van der Waals surface area (Å²) in [5.74, 6) is 0.0815. The highest BCUT2D eigenvalue weighted by Crippen LogP contribution is 2.21. The fourth-order valence-corrected chi connectivity index (χ4v) is 3.57. The van der Waals surface area contributed by atoms with E-state index in [0.717, 1.165) is 19.6 Å². The predicted molar refractivity (Wildman–Crippen MR) is 101 cm³/mol. The van der Waals surface area contributed by atoms with Gasteiger partial charge in [0.25, 0.3) is 0 Å². The lowest BCUT2D eigenvalue weighted by atomic mass is 9.93. The van der Waals surface area contributed by atoms with E-state index < -0.39 is 12.2 Å². The van der Waals surface area contributed by atoms with Gasteiger partial charge in [-0.1, -0.05) is 60.7 Å². The third kappa shape index (κ3) is 5.07. The Bertz CT molecular complexity index is 651. The van der Waals surface area contributed by atoms with Crippen LogP contribution in [0.4, 0.5) is 4.79 Å². The van der Waals surface area contributed by atoms with Crippen LogP contribution in [0.2, 0.25) is 0 Å². The number of amides is 1. The van der Waals surface area contributed by atoms with Gasteiger partial charge >= 0.3 is 6.09 Å². The smallest absolute Gasteiger partial charge is 0.407 e. The molecule has 5 heteroatoms. The Morgan fingerprint density at radius 3 is 2.00 bits per heavy atom. The van der Waals surface area contributed by atoms with E-state index in [1.807, 2.05) is 36.4 Å². The van der Waals surface area contributed by atoms with Crippen molar-refractivity contribution in [3.63, 3.8) is 0 Å². The lowest BCUT2D eigenvalue weighted by Crippen LogP contribution is -2.49. The van der Waals surface area contributed by atoms with Gasteiger partial charge in [-0.2, -0.15) is 0 Å². The van der Waals surface area contributed by atoms with Crippen LogP contribution in [0.3, 0.4) is 0 Å². The zero-order valence-electron chi connectivity index (χ0n) is 14.9. The zero-order valence-corrected chi connectivity index (χ0v) is 14.9. The Morgan fingerprint density at radius 2 is 1.54 bits per heavy atom. The topological polar surface area (TPSA) is 64.0 Å². The number of aliphatic hydroxyl groups is 1. The van der Waals surface area contributed by atoms with Crippen molar-refractivity contribution in [3.8, 4) is 0 Å². The van der Waals surface area contributed by atoms with Gasteiger partial charge in [0, 0.05) is 32.1 Å². The van der Waals surface area contributed by atoms with Crippen molar-refractivity contribution in [2.24, 2.45) is 5.92 Å². The van der Waals surface area contributed by atoms with Gasteiger partial charge in [0.15, 0.2) is 0 Å². The lowest BCUT2D eigenvalue weighted by molar-refractivity contribution is 0.00811. The first-order valence-electron chi connectivity index (χ1n) is 9.08. The number of β-amino-alcohol motifs (C(OH)–C–C–N with tert-alkyl or cyclic N) is 1. The van der Waals surface area contributed by atoms with Crippen molar-refractivity contribution in [3.05, 3.63) is 71.8 Å². The number of aliphatic hydroxyl groups excluding tert-OH is 1. The molecule has 1 aliphatic rings. The van der Waals surface area contributed by atoms with Crippen LogP contribution in [0, 0.1) is 5.92 Å². The molecule has 2 atom stereocenters. The number of likely N-dealkylation sites (tertiary alicyclic amines) is 1. The second kappa shape index (κ2) is 8.83. The molecule has 26 heavy (non-hydrogen) atoms. The van der Waals surface area contributed by atoms with Crippen LogP contribution in [0.5, 0.6) is 0 Å². The summed E-state index contributed by atoms with van der Waals surface area (Å²) in [6.45, 7) is 3.05. The molecule has 0 saturated carbocycles. The molecule has 2 unspecified atom stereocenters. The molecule has 3 rings (SSSR count). The Kier molecular flexibility index (Phi) is 6.26. The van der Waals surface area contributed by atoms with Crippen molar-refractivity contribution in [1.29, 1.82) is 0 Å². The van der Waals surface area contributed by atoms with Crippen LogP contribution in [0.15, 0.2) is 60.7 Å². The maximum Gasteiger partial charge on any atom is 0.407 e. The van der Waals surface area contributed by atoms with Crippen molar-refractivity contribution in [1.82, 2.24) is 9.80 Å². The van der Waals surface area contributed by atoms with E-state index >= 15 is 0 Å². The van der Waals surface area contributed by atoms with E-state index in [2.05, 4.69) is 29.2 Å². The molecular weight excluding hydrogens is 328 g/mol. The third-order valence-electron chi connectivity index (χ3n) is 4.98. The van der Waals surface area contributed by atoms with Gasteiger partial charge in [0.2, 0.25) is 0 Å². The Hall–Kier alpha value is -2.37. The molecule has 1 heterocycles. The molecule has 2 aromatic rings. The molecule has 1 amide bonds. The number of hydrogen-bond donors (Lipinski definition) is 2. The van der Waals surface area contributed by atoms with E-state index in [-0.39, 0.29) is 12.5 Å². The maximum absolute atomic E-state index is 11.1. The summed E-state index contributed by atoms with van der Waals surface area (Å²) in [6, 6.07) is 20.6. The average Bonchev–Trinajstić information content (AvgIpc) is 2.65. The van der Waals surface area contributed by atoms with Crippen LogP contribution in [0.25, 0.3) is 0 Å². The quantitative estimate of drug-likeness (QED) is 0.837. The molecule has 0 spiro atoms. The molecule has 0 aliphatic carbocycles. The maximum atomic E-state index is 11.1. The molecule has 0 bridgehead atoms. The van der Waals surface area contributed by atoms with Crippen molar-refractivity contribution < 1.29 is 15.0 Å². The highest BCUT2D eigenvalue weighted by Gasteiger charge is 2.31. The van der Waals surface area contributed by atoms with Gasteiger partial charge in [-0.05, 0) is 17.5 Å². The molecule has 5 nitrogen and oxygen atoms in total. The highest BCUT2D eigenvalue weighted by atomic mass is 16.4. The minimum Gasteiger partial charge on any atom is -0.465 e. The van der Waals surface area contributed by atoms with E-state index in [0.29, 0.717) is 13.0 Å². The second-order valence-corrected chi connectivity index (χ2v) is 6.99. The first-order chi connectivity index (χ1) is 12.6. The fraction of sp³-hybridized carbons (Fsp3) is 0.381. The van der Waals surface area contributed by atoms with Crippen LogP contribution in [-0.4, -0.2) is 51.8 Å². The molecule has 1 aliphatic heterocycles. The molecule has 0 aromatic heterocycles. The van der Waals surface area contributed by atoms with Gasteiger partial charge in [0.05, 0.1) is 12.6 Å². The minimum atomic E-state index is -0.951. The van der Waals surface area contributed by atoms with E-state index in [1.54, 1.807) is 0 Å². The molecule has 138 valence electrons. The number of nitrogens with zero attached hydrogens (tertiary/aromatic N) is 2. The largest absolute Gasteiger partial charge is 0.465 e. The number of carboxylic acid groups (broad SMARTS) is 1. The molecule has 1 fully saturated rings. The molecule has 1 saturated heterocycles.